The smallest absolute Gasteiger partial charge is 0.255 e. The minimum atomic E-state index is -2.64. The molecule has 4 rings (SSSR count). The highest BCUT2D eigenvalue weighted by Crippen LogP contribution is 2.54. The number of primary amides is 1. The fourth-order valence-corrected chi connectivity index (χ4v) is 6.45. The third-order valence-electron chi connectivity index (χ3n) is 8.40. The molecule has 1 saturated carbocycles. The molecule has 4 atom stereocenters. The van der Waals surface area contributed by atoms with Gasteiger partial charge in [0.15, 0.2) is 11.4 Å². The molecule has 1 aromatic rings. The standard InChI is InChI=1S/C29H39N3O7/c1-28(2,3)9-8-13-12-17(31(4)5)15-10-14-11-16-21(32(6)7)24(35)20(27(30)38)26(37)29(16,39)25(36)18(14)23(34)19(15)22(13)33/h12,14,16,21,33-34,37,39H,8-11H2,1-7H3,(H2,30,38)/t14-,16-,21-,29-/m0/s1. The number of amides is 1. The Labute approximate surface area is 228 Å². The number of Topliss-reactive ketones (excluding diaryl/α,β-unsaturated/α-hetero) is 2. The van der Waals surface area contributed by atoms with Crippen molar-refractivity contribution in [2.45, 2.75) is 58.1 Å². The van der Waals surface area contributed by atoms with Crippen LogP contribution < -0.4 is 10.6 Å². The Morgan fingerprint density at radius 1 is 1.13 bits per heavy atom. The van der Waals surface area contributed by atoms with Gasteiger partial charge in [-0.25, -0.2) is 0 Å². The van der Waals surface area contributed by atoms with E-state index in [-0.39, 0.29) is 35.1 Å². The lowest BCUT2D eigenvalue weighted by molar-refractivity contribution is -0.153. The van der Waals surface area contributed by atoms with Crippen molar-refractivity contribution < 1.29 is 34.8 Å². The molecule has 10 heteroatoms. The Morgan fingerprint density at radius 3 is 2.26 bits per heavy atom. The van der Waals surface area contributed by atoms with Crippen molar-refractivity contribution in [1.82, 2.24) is 4.90 Å². The third kappa shape index (κ3) is 4.30. The maximum atomic E-state index is 14.0. The molecule has 3 aliphatic rings. The molecule has 212 valence electrons. The molecular weight excluding hydrogens is 502 g/mol. The molecule has 0 spiro atoms. The maximum Gasteiger partial charge on any atom is 0.255 e. The van der Waals surface area contributed by atoms with Crippen molar-refractivity contribution in [3.05, 3.63) is 39.7 Å². The molecule has 0 aromatic heterocycles. The Morgan fingerprint density at radius 2 is 1.74 bits per heavy atom. The van der Waals surface area contributed by atoms with E-state index in [0.717, 1.165) is 12.1 Å². The number of hydrogen-bond donors (Lipinski definition) is 5. The van der Waals surface area contributed by atoms with Crippen LogP contribution in [0.3, 0.4) is 0 Å². The van der Waals surface area contributed by atoms with E-state index in [1.807, 2.05) is 25.1 Å². The van der Waals surface area contributed by atoms with Gasteiger partial charge in [-0.2, -0.15) is 0 Å². The van der Waals surface area contributed by atoms with Crippen LogP contribution >= 0.6 is 0 Å². The molecule has 39 heavy (non-hydrogen) atoms. The summed E-state index contributed by atoms with van der Waals surface area (Å²) in [7, 11) is 6.87. The normalized spacial score (nSPS) is 26.9. The minimum Gasteiger partial charge on any atom is -0.508 e. The van der Waals surface area contributed by atoms with Crippen LogP contribution in [0.5, 0.6) is 5.75 Å². The summed E-state index contributed by atoms with van der Waals surface area (Å²) in [4.78, 5) is 42.8. The number of aryl methyl sites for hydroxylation is 1. The summed E-state index contributed by atoms with van der Waals surface area (Å²) >= 11 is 0. The highest BCUT2D eigenvalue weighted by Gasteiger charge is 2.64. The first kappa shape index (κ1) is 28.6. The zero-order chi connectivity index (χ0) is 29.4. The largest absolute Gasteiger partial charge is 0.508 e. The van der Waals surface area contributed by atoms with Gasteiger partial charge in [-0.3, -0.25) is 19.3 Å². The molecule has 0 unspecified atom stereocenters. The Hall–Kier alpha value is -3.37. The maximum absolute atomic E-state index is 14.0. The van der Waals surface area contributed by atoms with Gasteiger partial charge in [-0.1, -0.05) is 20.8 Å². The number of carbonyl (C=O) groups is 3. The van der Waals surface area contributed by atoms with Crippen molar-refractivity contribution in [1.29, 1.82) is 0 Å². The van der Waals surface area contributed by atoms with Gasteiger partial charge in [0.1, 0.15) is 22.8 Å². The van der Waals surface area contributed by atoms with E-state index in [2.05, 4.69) is 20.8 Å². The van der Waals surface area contributed by atoms with Crippen molar-refractivity contribution >= 4 is 28.9 Å². The van der Waals surface area contributed by atoms with Gasteiger partial charge >= 0.3 is 0 Å². The fourth-order valence-electron chi connectivity index (χ4n) is 6.45. The average molecular weight is 542 g/mol. The second-order valence-electron chi connectivity index (χ2n) is 12.7. The molecule has 0 heterocycles. The van der Waals surface area contributed by atoms with Crippen molar-refractivity contribution in [3.63, 3.8) is 0 Å². The van der Waals surface area contributed by atoms with Crippen LogP contribution in [0, 0.1) is 17.3 Å². The van der Waals surface area contributed by atoms with Crippen LogP contribution in [0.25, 0.3) is 5.76 Å². The Balaban J connectivity index is 1.96. The zero-order valence-corrected chi connectivity index (χ0v) is 23.6. The van der Waals surface area contributed by atoms with Gasteiger partial charge in [0.05, 0.1) is 11.6 Å². The number of aliphatic hydroxyl groups is 3. The van der Waals surface area contributed by atoms with Crippen LogP contribution in [0.4, 0.5) is 5.69 Å². The summed E-state index contributed by atoms with van der Waals surface area (Å²) in [5, 5.41) is 45.6. The number of phenols is 1. The molecule has 6 N–H and O–H groups in total. The van der Waals surface area contributed by atoms with Gasteiger partial charge in [-0.05, 0) is 68.3 Å². The van der Waals surface area contributed by atoms with Gasteiger partial charge in [-0.15, -0.1) is 0 Å². The van der Waals surface area contributed by atoms with Gasteiger partial charge in [0.2, 0.25) is 5.78 Å². The molecule has 10 nitrogen and oxygen atoms in total. The number of phenolic OH excluding ortho intramolecular Hbond substituents is 1. The van der Waals surface area contributed by atoms with Crippen LogP contribution in [-0.2, 0) is 27.2 Å². The number of carbonyl (C=O) groups excluding carboxylic acids is 3. The molecule has 0 radical (unpaired) electrons. The first-order chi connectivity index (χ1) is 17.9. The number of nitrogens with zero attached hydrogens (tertiary/aromatic N) is 2. The number of likely N-dealkylation sites (N-methyl/N-ethyl adjacent to an activating group) is 1. The fraction of sp³-hybridized carbons (Fsp3) is 0.552. The summed E-state index contributed by atoms with van der Waals surface area (Å²) in [6.45, 7) is 6.27. The second kappa shape index (κ2) is 9.38. The number of fused-ring (bicyclic) bond motifs is 3. The van der Waals surface area contributed by atoms with Gasteiger partial charge in [0.25, 0.3) is 5.91 Å². The van der Waals surface area contributed by atoms with Gasteiger partial charge in [0, 0.05) is 31.3 Å². The van der Waals surface area contributed by atoms with Gasteiger partial charge < -0.3 is 31.1 Å². The number of aromatic hydroxyl groups is 1. The highest BCUT2D eigenvalue weighted by atomic mass is 16.3. The number of hydrogen-bond acceptors (Lipinski definition) is 9. The molecule has 1 amide bonds. The number of anilines is 1. The molecule has 1 fully saturated rings. The summed E-state index contributed by atoms with van der Waals surface area (Å²) in [5.74, 6) is -6.42. The van der Waals surface area contributed by atoms with E-state index in [1.165, 1.54) is 4.90 Å². The first-order valence-corrected chi connectivity index (χ1v) is 13.1. The first-order valence-electron chi connectivity index (χ1n) is 13.1. The summed E-state index contributed by atoms with van der Waals surface area (Å²) in [5.41, 5.74) is 3.95. The van der Waals surface area contributed by atoms with E-state index >= 15 is 0 Å². The number of benzene rings is 1. The van der Waals surface area contributed by atoms with Crippen molar-refractivity contribution in [2.75, 3.05) is 33.1 Å². The minimum absolute atomic E-state index is 0.00671. The molecular formula is C29H39N3O7. The lowest BCUT2D eigenvalue weighted by Crippen LogP contribution is -2.65. The van der Waals surface area contributed by atoms with E-state index < -0.39 is 58.0 Å². The Kier molecular flexibility index (Phi) is 6.88. The number of aliphatic hydroxyl groups excluding tert-OH is 2. The number of ketones is 2. The van der Waals surface area contributed by atoms with Crippen molar-refractivity contribution in [2.24, 2.45) is 23.0 Å². The van der Waals surface area contributed by atoms with E-state index in [9.17, 15) is 34.8 Å². The van der Waals surface area contributed by atoms with E-state index in [0.29, 0.717) is 17.5 Å². The van der Waals surface area contributed by atoms with Crippen LogP contribution in [0.2, 0.25) is 0 Å². The van der Waals surface area contributed by atoms with E-state index in [4.69, 9.17) is 5.73 Å². The molecule has 0 bridgehead atoms. The summed E-state index contributed by atoms with van der Waals surface area (Å²) < 4.78 is 0. The average Bonchev–Trinajstić information content (AvgIpc) is 2.79. The summed E-state index contributed by atoms with van der Waals surface area (Å²) in [6.07, 6.45) is 1.62. The monoisotopic (exact) mass is 541 g/mol. The molecule has 3 aliphatic carbocycles. The predicted molar refractivity (Wildman–Crippen MR) is 146 cm³/mol. The molecule has 0 saturated heterocycles. The second-order valence-corrected chi connectivity index (χ2v) is 12.7. The number of nitrogens with two attached hydrogens (primary N) is 1. The molecule has 0 aliphatic heterocycles. The Bertz CT molecular complexity index is 1340. The number of rotatable bonds is 5. The zero-order valence-electron chi connectivity index (χ0n) is 23.6. The van der Waals surface area contributed by atoms with Crippen LogP contribution in [0.15, 0.2) is 23.0 Å². The van der Waals surface area contributed by atoms with Crippen LogP contribution in [0.1, 0.15) is 50.3 Å². The quantitative estimate of drug-likeness (QED) is 0.351. The SMILES string of the molecule is CN(C)c1cc(CCC(C)(C)C)c(O)c2c1C[C@H]1C[C@H]3[C@H](N(C)C)C(=O)C(C(N)=O)=C(O)[C@@]3(O)C(=O)C1=C2O. The van der Waals surface area contributed by atoms with Crippen LogP contribution in [-0.4, -0.2) is 82.6 Å². The third-order valence-corrected chi connectivity index (χ3v) is 8.40. The highest BCUT2D eigenvalue weighted by molar-refractivity contribution is 6.24. The lowest BCUT2D eigenvalue weighted by Gasteiger charge is -2.50. The summed E-state index contributed by atoms with van der Waals surface area (Å²) in [6, 6.07) is 0.795. The topological polar surface area (TPSA) is 165 Å². The molecule has 1 aromatic carbocycles. The van der Waals surface area contributed by atoms with Crippen molar-refractivity contribution in [3.8, 4) is 5.75 Å². The lowest BCUT2D eigenvalue weighted by atomic mass is 9.57. The van der Waals surface area contributed by atoms with E-state index in [1.54, 1.807) is 14.1 Å². The predicted octanol–water partition coefficient (Wildman–Crippen LogP) is 2.01.